The maximum atomic E-state index is 14.8. The smallest absolute Gasteiger partial charge is 0.200 e. The van der Waals surface area contributed by atoms with Gasteiger partial charge in [-0.3, -0.25) is 4.79 Å². The van der Waals surface area contributed by atoms with E-state index in [1.54, 1.807) is 0 Å². The van der Waals surface area contributed by atoms with Crippen molar-refractivity contribution in [3.05, 3.63) is 120 Å². The van der Waals surface area contributed by atoms with Crippen LogP contribution in [0.1, 0.15) is 15.9 Å². The number of rotatable bonds is 2. The quantitative estimate of drug-likeness (QED) is 0.114. The molecule has 0 N–H and O–H groups in total. The molecule has 0 spiro atoms. The Labute approximate surface area is 258 Å². The molecule has 12 rings (SSSR count). The molecule has 4 aliphatic heterocycles. The van der Waals surface area contributed by atoms with Crippen LogP contribution in [0.4, 0.5) is 0 Å². The number of carbonyl (C=O) groups is 1. The van der Waals surface area contributed by atoms with Gasteiger partial charge in [-0.1, -0.05) is 60.7 Å². The first kappa shape index (κ1) is 23.1. The van der Waals surface area contributed by atoms with E-state index >= 15 is 0 Å². The Morgan fingerprint density at radius 1 is 0.348 bits per heavy atom. The first-order valence-electron chi connectivity index (χ1n) is 15.3. The predicted molar refractivity (Wildman–Crippen MR) is 181 cm³/mol. The molecule has 0 fully saturated rings. The first-order chi connectivity index (χ1) is 22.7. The number of benzene rings is 8. The van der Waals surface area contributed by atoms with Crippen molar-refractivity contribution < 1.29 is 22.5 Å². The van der Waals surface area contributed by atoms with Gasteiger partial charge in [0, 0.05) is 43.8 Å². The SMILES string of the molecule is O=C(c1ccc2ccc3oc4cccc5ccc6oc1c2c3-c6c54)c1ccc2ccc3oc4cccc5ccc6oc1c2c3-c6c54. The molecule has 8 aromatic rings. The summed E-state index contributed by atoms with van der Waals surface area (Å²) in [5.41, 5.74) is 10.5. The second-order valence-electron chi connectivity index (χ2n) is 12.3. The van der Waals surface area contributed by atoms with E-state index in [0.717, 1.165) is 87.7 Å². The summed E-state index contributed by atoms with van der Waals surface area (Å²) in [5.74, 6) is -0.174. The molecule has 5 heteroatoms. The Morgan fingerprint density at radius 3 is 1.17 bits per heavy atom. The summed E-state index contributed by atoms with van der Waals surface area (Å²) in [5, 5.41) is 7.93. The molecule has 8 aromatic carbocycles. The first-order valence-corrected chi connectivity index (χ1v) is 15.3. The van der Waals surface area contributed by atoms with E-state index in [1.165, 1.54) is 0 Å². The monoisotopic (exact) mass is 590 g/mol. The van der Waals surface area contributed by atoms with E-state index in [1.807, 2.05) is 97.1 Å². The molecule has 4 heterocycles. The van der Waals surface area contributed by atoms with Gasteiger partial charge in [-0.25, -0.2) is 0 Å². The predicted octanol–water partition coefficient (Wildman–Crippen LogP) is 11.6. The minimum atomic E-state index is -0.174. The van der Waals surface area contributed by atoms with Crippen LogP contribution in [0.2, 0.25) is 0 Å². The number of ketones is 1. The summed E-state index contributed by atoms with van der Waals surface area (Å²) < 4.78 is 26.3. The van der Waals surface area contributed by atoms with E-state index in [9.17, 15) is 4.79 Å². The molecule has 0 radical (unpaired) electrons. The summed E-state index contributed by atoms with van der Waals surface area (Å²) in [6.07, 6.45) is 0. The van der Waals surface area contributed by atoms with Crippen molar-refractivity contribution in [1.29, 1.82) is 0 Å². The highest BCUT2D eigenvalue weighted by Crippen LogP contribution is 2.51. The zero-order chi connectivity index (χ0) is 29.8. The molecule has 0 bridgehead atoms. The fourth-order valence-electron chi connectivity index (χ4n) is 8.06. The van der Waals surface area contributed by atoms with Crippen LogP contribution < -0.4 is 0 Å². The number of carbonyl (C=O) groups excluding carboxylic acids is 1. The molecule has 0 atom stereocenters. The van der Waals surface area contributed by atoms with Crippen molar-refractivity contribution in [2.45, 2.75) is 0 Å². The Bertz CT molecular complexity index is 2950. The van der Waals surface area contributed by atoms with Gasteiger partial charge in [-0.15, -0.1) is 0 Å². The molecule has 0 unspecified atom stereocenters. The highest BCUT2D eigenvalue weighted by Gasteiger charge is 2.30. The average Bonchev–Trinajstić information content (AvgIpc) is 3.10. The number of hydrogen-bond acceptors (Lipinski definition) is 5. The lowest BCUT2D eigenvalue weighted by Crippen LogP contribution is -2.06. The van der Waals surface area contributed by atoms with E-state index in [4.69, 9.17) is 17.7 Å². The van der Waals surface area contributed by atoms with E-state index in [2.05, 4.69) is 12.1 Å². The van der Waals surface area contributed by atoms with Crippen molar-refractivity contribution in [1.82, 2.24) is 0 Å². The minimum absolute atomic E-state index is 0.174. The summed E-state index contributed by atoms with van der Waals surface area (Å²) in [4.78, 5) is 14.8. The van der Waals surface area contributed by atoms with Crippen molar-refractivity contribution in [3.63, 3.8) is 0 Å². The van der Waals surface area contributed by atoms with Gasteiger partial charge in [0.2, 0.25) is 5.78 Å². The average molecular weight is 591 g/mol. The molecule has 0 saturated heterocycles. The normalized spacial score (nSPS) is 12.9. The Balaban J connectivity index is 1.19. The topological polar surface area (TPSA) is 69.6 Å². The van der Waals surface area contributed by atoms with Crippen LogP contribution >= 0.6 is 0 Å². The lowest BCUT2D eigenvalue weighted by atomic mass is 9.87. The van der Waals surface area contributed by atoms with E-state index < -0.39 is 0 Å². The van der Waals surface area contributed by atoms with Crippen LogP contribution in [0.3, 0.4) is 0 Å². The second kappa shape index (κ2) is 7.65. The minimum Gasteiger partial charge on any atom is -0.456 e. The van der Waals surface area contributed by atoms with Crippen molar-refractivity contribution in [2.75, 3.05) is 0 Å². The van der Waals surface area contributed by atoms with Crippen molar-refractivity contribution >= 4 is 93.5 Å². The van der Waals surface area contributed by atoms with Crippen LogP contribution in [0.25, 0.3) is 110 Å². The van der Waals surface area contributed by atoms with Crippen LogP contribution in [-0.2, 0) is 0 Å². The van der Waals surface area contributed by atoms with Crippen molar-refractivity contribution in [2.24, 2.45) is 0 Å². The van der Waals surface area contributed by atoms with Gasteiger partial charge in [0.25, 0.3) is 0 Å². The zero-order valence-electron chi connectivity index (χ0n) is 23.9. The third kappa shape index (κ3) is 2.60. The maximum Gasteiger partial charge on any atom is 0.200 e. The summed E-state index contributed by atoms with van der Waals surface area (Å²) >= 11 is 0. The standard InChI is InChI=1S/C41H18O5/c42-39(23-13-7-21-11-15-27-37-33(21)40(23)45-29-17-9-19-3-1-5-25(43-27)31(19)35(29)37)24-14-8-22-12-16-28-38-34(22)41(24)46-30-18-10-20-4-2-6-26(44-28)32(20)36(30)38/h1-18H. The second-order valence-corrected chi connectivity index (χ2v) is 12.3. The van der Waals surface area contributed by atoms with Gasteiger partial charge in [0.15, 0.2) is 0 Å². The third-order valence-electron chi connectivity index (χ3n) is 9.99. The van der Waals surface area contributed by atoms with Crippen LogP contribution in [0.15, 0.2) is 127 Å². The molecular weight excluding hydrogens is 572 g/mol. The highest BCUT2D eigenvalue weighted by atomic mass is 16.3. The highest BCUT2D eigenvalue weighted by molar-refractivity contribution is 6.30. The molecule has 0 aliphatic carbocycles. The molecule has 4 aliphatic rings. The molecule has 5 nitrogen and oxygen atoms in total. The Morgan fingerprint density at radius 2 is 0.717 bits per heavy atom. The van der Waals surface area contributed by atoms with E-state index in [-0.39, 0.29) is 5.78 Å². The number of hydrogen-bond donors (Lipinski definition) is 0. The van der Waals surface area contributed by atoms with Gasteiger partial charge in [0.1, 0.15) is 44.7 Å². The fourth-order valence-corrected chi connectivity index (χ4v) is 8.06. The molecule has 46 heavy (non-hydrogen) atoms. The largest absolute Gasteiger partial charge is 0.456 e. The molecule has 0 amide bonds. The van der Waals surface area contributed by atoms with Gasteiger partial charge in [-0.2, -0.15) is 0 Å². The Hall–Kier alpha value is -6.33. The summed E-state index contributed by atoms with van der Waals surface area (Å²) in [6.45, 7) is 0. The van der Waals surface area contributed by atoms with Gasteiger partial charge >= 0.3 is 0 Å². The molecular formula is C41H18O5. The third-order valence-corrected chi connectivity index (χ3v) is 9.99. The maximum absolute atomic E-state index is 14.8. The van der Waals surface area contributed by atoms with Crippen LogP contribution in [0, 0.1) is 0 Å². The van der Waals surface area contributed by atoms with Gasteiger partial charge < -0.3 is 17.7 Å². The summed E-state index contributed by atoms with van der Waals surface area (Å²) in [6, 6.07) is 36.0. The zero-order valence-corrected chi connectivity index (χ0v) is 23.9. The molecule has 212 valence electrons. The van der Waals surface area contributed by atoms with Gasteiger partial charge in [0.05, 0.1) is 11.1 Å². The molecule has 0 aromatic heterocycles. The van der Waals surface area contributed by atoms with Gasteiger partial charge in [-0.05, 0) is 70.1 Å². The molecule has 0 saturated carbocycles. The fraction of sp³-hybridized carbons (Fsp3) is 0. The van der Waals surface area contributed by atoms with Crippen molar-refractivity contribution in [3.8, 4) is 22.3 Å². The van der Waals surface area contributed by atoms with Crippen LogP contribution in [-0.4, -0.2) is 5.78 Å². The lowest BCUT2D eigenvalue weighted by Gasteiger charge is -2.21. The van der Waals surface area contributed by atoms with E-state index in [0.29, 0.717) is 33.5 Å². The Kier molecular flexibility index (Phi) is 3.84. The summed E-state index contributed by atoms with van der Waals surface area (Å²) in [7, 11) is 0. The lowest BCUT2D eigenvalue weighted by molar-refractivity contribution is 0.104. The van der Waals surface area contributed by atoms with Crippen LogP contribution in [0.5, 0.6) is 0 Å².